The van der Waals surface area contributed by atoms with Crippen LogP contribution in [-0.4, -0.2) is 96.1 Å². The van der Waals surface area contributed by atoms with Gasteiger partial charge in [0, 0.05) is 6.20 Å². The molecule has 1 aromatic heterocycles. The summed E-state index contributed by atoms with van der Waals surface area (Å²) in [6.07, 6.45) is -8.60. The van der Waals surface area contributed by atoms with Gasteiger partial charge < -0.3 is 41.1 Å². The van der Waals surface area contributed by atoms with Crippen molar-refractivity contribution in [2.24, 2.45) is 0 Å². The number of hydrogen-bond acceptors (Lipinski definition) is 11. The topological polar surface area (TPSA) is 209 Å². The van der Waals surface area contributed by atoms with Crippen molar-refractivity contribution in [1.29, 1.82) is 0 Å². The maximum absolute atomic E-state index is 12.1. The Labute approximate surface area is 156 Å². The number of carbonyl (C=O) groups excluding carboxylic acids is 1. The van der Waals surface area contributed by atoms with Crippen LogP contribution in [0.5, 0.6) is 0 Å². The number of hydrogen-bond donors (Lipinski definition) is 7. The van der Waals surface area contributed by atoms with Gasteiger partial charge in [0.15, 0.2) is 18.6 Å². The monoisotopic (exact) mass is 413 g/mol. The van der Waals surface area contributed by atoms with Crippen LogP contribution in [0.4, 0.5) is 14.6 Å². The van der Waals surface area contributed by atoms with E-state index in [0.717, 1.165) is 4.57 Å². The van der Waals surface area contributed by atoms with Gasteiger partial charge in [0.2, 0.25) is 0 Å². The average Bonchev–Trinajstić information content (AvgIpc) is 2.95. The molecule has 2 heterocycles. The number of aromatic nitrogens is 2. The molecule has 2 unspecified atom stereocenters. The number of aliphatic hydroxyl groups excluding tert-OH is 6. The molecule has 28 heavy (non-hydrogen) atoms. The lowest BCUT2D eigenvalue weighted by Crippen LogP contribution is -2.45. The minimum Gasteiger partial charge on any atom is -0.394 e. The maximum Gasteiger partial charge on any atom is 0.351 e. The van der Waals surface area contributed by atoms with Crippen molar-refractivity contribution in [2.45, 2.75) is 42.7 Å². The van der Waals surface area contributed by atoms with Crippen LogP contribution in [0, 0.1) is 0 Å². The first kappa shape index (κ1) is 24.0. The molecule has 0 radical (unpaired) electrons. The fourth-order valence-electron chi connectivity index (χ4n) is 2.16. The van der Waals surface area contributed by atoms with Crippen LogP contribution in [-0.2, 0) is 9.53 Å². The molecule has 160 valence electrons. The SMILES string of the molecule is Nc1ccn([C@@H]2O[C@H](CO)[C@@H](O)[C@H]2O)c(=O)n1.O=CC(F)(F)C(O)C(O)CO. The molecule has 0 bridgehead atoms. The number of aliphatic hydroxyl groups is 6. The molecule has 1 aromatic rings. The first-order valence-electron chi connectivity index (χ1n) is 7.78. The minimum atomic E-state index is -4.01. The van der Waals surface area contributed by atoms with E-state index in [-0.39, 0.29) is 5.82 Å². The molecule has 1 aliphatic rings. The lowest BCUT2D eigenvalue weighted by molar-refractivity contribution is -0.166. The molecule has 1 aliphatic heterocycles. The molecule has 6 atom stereocenters. The Hall–Kier alpha value is -2.07. The van der Waals surface area contributed by atoms with Crippen molar-refractivity contribution in [3.63, 3.8) is 0 Å². The van der Waals surface area contributed by atoms with Crippen LogP contribution >= 0.6 is 0 Å². The third kappa shape index (κ3) is 5.48. The van der Waals surface area contributed by atoms with Crippen molar-refractivity contribution in [1.82, 2.24) is 9.55 Å². The molecule has 12 nitrogen and oxygen atoms in total. The van der Waals surface area contributed by atoms with E-state index < -0.39 is 67.9 Å². The molecule has 14 heteroatoms. The number of nitrogens with zero attached hydrogens (tertiary/aromatic N) is 2. The van der Waals surface area contributed by atoms with Gasteiger partial charge in [-0.15, -0.1) is 0 Å². The number of halogens is 2. The van der Waals surface area contributed by atoms with Gasteiger partial charge in [0.25, 0.3) is 0 Å². The van der Waals surface area contributed by atoms with Crippen LogP contribution in [0.2, 0.25) is 0 Å². The number of alkyl halides is 2. The van der Waals surface area contributed by atoms with Crippen molar-refractivity contribution in [3.8, 4) is 0 Å². The molecule has 2 rings (SSSR count). The lowest BCUT2D eigenvalue weighted by atomic mass is 10.1. The highest BCUT2D eigenvalue weighted by atomic mass is 19.3. The van der Waals surface area contributed by atoms with Crippen LogP contribution in [0.3, 0.4) is 0 Å². The summed E-state index contributed by atoms with van der Waals surface area (Å²) in [5.74, 6) is -3.96. The minimum absolute atomic E-state index is 0.0537. The van der Waals surface area contributed by atoms with Crippen molar-refractivity contribution >= 4 is 12.1 Å². The second kappa shape index (κ2) is 9.92. The number of ether oxygens (including phenoxy) is 1. The number of anilines is 1. The molecular weight excluding hydrogens is 392 g/mol. The Kier molecular flexibility index (Phi) is 8.49. The highest BCUT2D eigenvalue weighted by Crippen LogP contribution is 2.27. The summed E-state index contributed by atoms with van der Waals surface area (Å²) in [6.45, 7) is -1.48. The van der Waals surface area contributed by atoms with E-state index in [1.807, 2.05) is 0 Å². The van der Waals surface area contributed by atoms with E-state index in [1.54, 1.807) is 0 Å². The zero-order valence-electron chi connectivity index (χ0n) is 14.2. The van der Waals surface area contributed by atoms with Gasteiger partial charge in [-0.1, -0.05) is 0 Å². The molecule has 0 spiro atoms. The molecule has 1 fully saturated rings. The predicted octanol–water partition coefficient (Wildman–Crippen LogP) is -4.03. The Morgan fingerprint density at radius 3 is 2.36 bits per heavy atom. The molecule has 0 aliphatic carbocycles. The molecule has 8 N–H and O–H groups in total. The van der Waals surface area contributed by atoms with Crippen molar-refractivity contribution < 1.29 is 49.0 Å². The van der Waals surface area contributed by atoms with E-state index in [4.69, 9.17) is 30.9 Å². The average molecular weight is 413 g/mol. The van der Waals surface area contributed by atoms with E-state index in [2.05, 4.69) is 4.98 Å². The van der Waals surface area contributed by atoms with E-state index >= 15 is 0 Å². The van der Waals surface area contributed by atoms with Crippen LogP contribution in [0.25, 0.3) is 0 Å². The van der Waals surface area contributed by atoms with E-state index in [1.165, 1.54) is 12.3 Å². The highest BCUT2D eigenvalue weighted by Gasteiger charge is 2.44. The molecule has 0 saturated carbocycles. The normalized spacial score (nSPS) is 26.9. The Morgan fingerprint density at radius 2 is 1.93 bits per heavy atom. The van der Waals surface area contributed by atoms with Crippen LogP contribution in [0.15, 0.2) is 17.1 Å². The number of aldehydes is 1. The molecular formula is C14H21F2N3O9. The van der Waals surface area contributed by atoms with Gasteiger partial charge in [-0.2, -0.15) is 13.8 Å². The first-order valence-corrected chi connectivity index (χ1v) is 7.78. The van der Waals surface area contributed by atoms with Crippen LogP contribution in [0.1, 0.15) is 6.23 Å². The summed E-state index contributed by atoms with van der Waals surface area (Å²) < 4.78 is 30.4. The number of nitrogens with two attached hydrogens (primary N) is 1. The van der Waals surface area contributed by atoms with Gasteiger partial charge in [-0.3, -0.25) is 9.36 Å². The first-order chi connectivity index (χ1) is 13.0. The quantitative estimate of drug-likeness (QED) is 0.223. The lowest BCUT2D eigenvalue weighted by Gasteiger charge is -2.20. The maximum atomic E-state index is 12.1. The van der Waals surface area contributed by atoms with Crippen LogP contribution < -0.4 is 11.4 Å². The summed E-state index contributed by atoms with van der Waals surface area (Å²) in [5.41, 5.74) is 4.63. The highest BCUT2D eigenvalue weighted by molar-refractivity contribution is 5.60. The summed E-state index contributed by atoms with van der Waals surface area (Å²) >= 11 is 0. The molecule has 1 saturated heterocycles. The summed E-state index contributed by atoms with van der Waals surface area (Å²) in [7, 11) is 0. The summed E-state index contributed by atoms with van der Waals surface area (Å²) in [5, 5.41) is 53.2. The Balaban J connectivity index is 0.000000311. The van der Waals surface area contributed by atoms with E-state index in [0.29, 0.717) is 0 Å². The van der Waals surface area contributed by atoms with Crippen molar-refractivity contribution in [2.75, 3.05) is 18.9 Å². The number of rotatable bonds is 6. The second-order valence-corrected chi connectivity index (χ2v) is 5.76. The number of carbonyl (C=O) groups is 1. The third-order valence-corrected chi connectivity index (χ3v) is 3.75. The van der Waals surface area contributed by atoms with E-state index in [9.17, 15) is 28.6 Å². The van der Waals surface area contributed by atoms with Gasteiger partial charge >= 0.3 is 11.6 Å². The van der Waals surface area contributed by atoms with Gasteiger partial charge in [-0.25, -0.2) is 4.79 Å². The molecule has 0 amide bonds. The zero-order chi connectivity index (χ0) is 21.6. The smallest absolute Gasteiger partial charge is 0.351 e. The van der Waals surface area contributed by atoms with Gasteiger partial charge in [0.1, 0.15) is 30.2 Å². The second-order valence-electron chi connectivity index (χ2n) is 5.76. The molecule has 0 aromatic carbocycles. The fourth-order valence-corrected chi connectivity index (χ4v) is 2.16. The van der Waals surface area contributed by atoms with Gasteiger partial charge in [-0.05, 0) is 6.07 Å². The standard InChI is InChI=1S/C9H13N3O5.C5H8F2O4/c10-5-1-2-12(9(16)11-5)8-7(15)6(14)4(3-13)17-8;6-5(7,2-9)4(11)3(10)1-8/h1-2,4,6-8,13-15H,3H2,(H2,10,11,16);2-4,8,10-11H,1H2/t4-,6-,7-,8-;/m1./s1. The predicted molar refractivity (Wildman–Crippen MR) is 86.0 cm³/mol. The zero-order valence-corrected chi connectivity index (χ0v) is 14.2. The van der Waals surface area contributed by atoms with Gasteiger partial charge in [0.05, 0.1) is 13.2 Å². The Morgan fingerprint density at radius 1 is 1.32 bits per heavy atom. The largest absolute Gasteiger partial charge is 0.394 e. The summed E-state index contributed by atoms with van der Waals surface area (Å²) in [4.78, 5) is 24.6. The Bertz CT molecular complexity index is 705. The summed E-state index contributed by atoms with van der Waals surface area (Å²) in [6, 6.07) is 1.37. The van der Waals surface area contributed by atoms with Crippen molar-refractivity contribution in [3.05, 3.63) is 22.7 Å². The number of nitrogen functional groups attached to an aromatic ring is 1. The third-order valence-electron chi connectivity index (χ3n) is 3.75. The fraction of sp³-hybridized carbons (Fsp3) is 0.643.